The smallest absolute Gasteiger partial charge is 0.254 e. The maximum absolute atomic E-state index is 13.6. The highest BCUT2D eigenvalue weighted by Gasteiger charge is 2.25. The molecule has 1 fully saturated rings. The molecule has 1 saturated heterocycles. The number of rotatable bonds is 5. The molecule has 4 rings (SSSR count). The number of carbonyl (C=O) groups excluding carboxylic acids is 2. The molecule has 2 N–H and O–H groups in total. The number of aryl methyl sites for hydroxylation is 3. The van der Waals surface area contributed by atoms with Crippen LogP contribution in [0.25, 0.3) is 0 Å². The quantitative estimate of drug-likeness (QED) is 0.693. The molecular formula is C27H36N6O2. The number of aromatic nitrogens is 2. The Morgan fingerprint density at radius 1 is 1.14 bits per heavy atom. The van der Waals surface area contributed by atoms with E-state index in [0.29, 0.717) is 31.5 Å². The van der Waals surface area contributed by atoms with Gasteiger partial charge in [-0.05, 0) is 56.5 Å². The summed E-state index contributed by atoms with van der Waals surface area (Å²) in [6.07, 6.45) is 7.12. The molecule has 2 aliphatic heterocycles. The van der Waals surface area contributed by atoms with Crippen molar-refractivity contribution in [3.63, 3.8) is 0 Å². The number of nitrogens with one attached hydrogen (secondary N) is 2. The molecule has 3 heterocycles. The topological polar surface area (TPSA) is 82.5 Å². The van der Waals surface area contributed by atoms with Gasteiger partial charge in [0.05, 0.1) is 19.3 Å². The number of allylic oxidation sites excluding steroid dienone is 3. The summed E-state index contributed by atoms with van der Waals surface area (Å²) in [5, 5.41) is 11.1. The van der Waals surface area contributed by atoms with E-state index < -0.39 is 0 Å². The van der Waals surface area contributed by atoms with Gasteiger partial charge in [-0.1, -0.05) is 17.7 Å². The van der Waals surface area contributed by atoms with Crippen LogP contribution < -0.4 is 10.6 Å². The summed E-state index contributed by atoms with van der Waals surface area (Å²) in [6.45, 7) is 10.3. The van der Waals surface area contributed by atoms with Crippen molar-refractivity contribution in [1.82, 2.24) is 24.9 Å². The van der Waals surface area contributed by atoms with E-state index in [-0.39, 0.29) is 11.8 Å². The van der Waals surface area contributed by atoms with Crippen LogP contribution in [0.3, 0.4) is 0 Å². The van der Waals surface area contributed by atoms with Gasteiger partial charge in [0.25, 0.3) is 5.91 Å². The molecule has 0 bridgehead atoms. The molecule has 2 amide bonds. The van der Waals surface area contributed by atoms with Crippen molar-refractivity contribution in [2.75, 3.05) is 38.0 Å². The van der Waals surface area contributed by atoms with Gasteiger partial charge in [-0.25, -0.2) is 0 Å². The molecule has 35 heavy (non-hydrogen) atoms. The normalized spacial score (nSPS) is 17.7. The predicted molar refractivity (Wildman–Crippen MR) is 138 cm³/mol. The number of hydrogen-bond acceptors (Lipinski definition) is 5. The van der Waals surface area contributed by atoms with Gasteiger partial charge < -0.3 is 20.4 Å². The Hall–Kier alpha value is -3.39. The minimum atomic E-state index is -0.0147. The Bertz CT molecular complexity index is 1160. The predicted octanol–water partition coefficient (Wildman–Crippen LogP) is 3.01. The molecule has 2 aromatic rings. The third kappa shape index (κ3) is 5.82. The first-order valence-corrected chi connectivity index (χ1v) is 12.3. The fourth-order valence-corrected chi connectivity index (χ4v) is 4.61. The molecule has 8 nitrogen and oxygen atoms in total. The molecule has 0 radical (unpaired) electrons. The van der Waals surface area contributed by atoms with Gasteiger partial charge in [0, 0.05) is 56.5 Å². The highest BCUT2D eigenvalue weighted by molar-refractivity contribution is 5.95. The van der Waals surface area contributed by atoms with Gasteiger partial charge in [0.15, 0.2) is 0 Å². The number of nitrogens with zero attached hydrogens (tertiary/aromatic N) is 4. The second-order valence-corrected chi connectivity index (χ2v) is 9.40. The number of piperazine rings is 1. The van der Waals surface area contributed by atoms with Crippen LogP contribution in [0, 0.1) is 6.92 Å². The second-order valence-electron chi connectivity index (χ2n) is 9.40. The molecule has 8 heteroatoms. The summed E-state index contributed by atoms with van der Waals surface area (Å²) in [5.41, 5.74) is 5.88. The Kier molecular flexibility index (Phi) is 7.70. The number of amides is 2. The standard InChI is InChI=1S/C27H36N6O2/c1-5-19(2)14-24-18-33(17-23-16-29-31(4)26(23)30-24)27(35)22-7-6-21(20(3)15-22)8-9-25(34)32-12-10-28-11-13-32/h5-7,14-16,28,30H,8-13,17-18H2,1-4H3/b19-5-,24-14+. The van der Waals surface area contributed by atoms with E-state index in [0.717, 1.165) is 60.0 Å². The summed E-state index contributed by atoms with van der Waals surface area (Å²) >= 11 is 0. The molecule has 0 saturated carbocycles. The maximum atomic E-state index is 13.6. The molecule has 1 aromatic heterocycles. The molecule has 1 aromatic carbocycles. The van der Waals surface area contributed by atoms with Crippen molar-refractivity contribution in [3.8, 4) is 0 Å². The van der Waals surface area contributed by atoms with Crippen LogP contribution in [0.1, 0.15) is 47.3 Å². The van der Waals surface area contributed by atoms with Crippen LogP contribution in [0.5, 0.6) is 0 Å². The monoisotopic (exact) mass is 476 g/mol. The van der Waals surface area contributed by atoms with E-state index in [2.05, 4.69) is 21.8 Å². The van der Waals surface area contributed by atoms with Crippen molar-refractivity contribution in [1.29, 1.82) is 0 Å². The largest absolute Gasteiger partial charge is 0.342 e. The Morgan fingerprint density at radius 2 is 1.91 bits per heavy atom. The zero-order valence-electron chi connectivity index (χ0n) is 21.2. The van der Waals surface area contributed by atoms with Gasteiger partial charge in [-0.15, -0.1) is 0 Å². The highest BCUT2D eigenvalue weighted by Crippen LogP contribution is 2.25. The first-order valence-electron chi connectivity index (χ1n) is 12.3. The zero-order valence-corrected chi connectivity index (χ0v) is 21.2. The zero-order chi connectivity index (χ0) is 24.9. The van der Waals surface area contributed by atoms with Crippen LogP contribution in [0.15, 0.2) is 47.8 Å². The number of carbonyl (C=O) groups is 2. The van der Waals surface area contributed by atoms with Crippen molar-refractivity contribution >= 4 is 17.6 Å². The summed E-state index contributed by atoms with van der Waals surface area (Å²) in [4.78, 5) is 29.9. The van der Waals surface area contributed by atoms with Gasteiger partial charge in [0.1, 0.15) is 5.82 Å². The Morgan fingerprint density at radius 3 is 2.63 bits per heavy atom. The van der Waals surface area contributed by atoms with E-state index >= 15 is 0 Å². The summed E-state index contributed by atoms with van der Waals surface area (Å²) in [6, 6.07) is 5.85. The van der Waals surface area contributed by atoms with Crippen LogP contribution in [-0.4, -0.2) is 64.1 Å². The Labute approximate surface area is 207 Å². The SMILES string of the molecule is C/C=C(C)\C=C1/CN(C(=O)c2ccc(CCC(=O)N3CCNCC3)c(C)c2)Cc2cnn(C)c2N1. The number of hydrogen-bond donors (Lipinski definition) is 2. The number of benzene rings is 1. The van der Waals surface area contributed by atoms with Gasteiger partial charge in [-0.2, -0.15) is 5.10 Å². The minimum absolute atomic E-state index is 0.0147. The molecule has 0 unspecified atom stereocenters. The van der Waals surface area contributed by atoms with Gasteiger partial charge >= 0.3 is 0 Å². The first kappa shape index (κ1) is 24.7. The maximum Gasteiger partial charge on any atom is 0.254 e. The minimum Gasteiger partial charge on any atom is -0.342 e. The van der Waals surface area contributed by atoms with E-state index in [1.165, 1.54) is 0 Å². The average Bonchev–Trinajstić information content (AvgIpc) is 3.09. The highest BCUT2D eigenvalue weighted by atomic mass is 16.2. The average molecular weight is 477 g/mol. The molecule has 0 spiro atoms. The lowest BCUT2D eigenvalue weighted by atomic mass is 10.00. The summed E-state index contributed by atoms with van der Waals surface area (Å²) < 4.78 is 1.81. The van der Waals surface area contributed by atoms with E-state index in [9.17, 15) is 9.59 Å². The van der Waals surface area contributed by atoms with Gasteiger partial charge in [0.2, 0.25) is 5.91 Å². The Balaban J connectivity index is 1.49. The summed E-state index contributed by atoms with van der Waals surface area (Å²) in [5.74, 6) is 1.10. The summed E-state index contributed by atoms with van der Waals surface area (Å²) in [7, 11) is 1.90. The molecular weight excluding hydrogens is 440 g/mol. The van der Waals surface area contributed by atoms with Crippen LogP contribution in [0.2, 0.25) is 0 Å². The molecule has 186 valence electrons. The van der Waals surface area contributed by atoms with Crippen molar-refractivity contribution < 1.29 is 9.59 Å². The van der Waals surface area contributed by atoms with E-state index in [1.54, 1.807) is 0 Å². The molecule has 2 aliphatic rings. The van der Waals surface area contributed by atoms with E-state index in [1.807, 2.05) is 72.8 Å². The van der Waals surface area contributed by atoms with Crippen LogP contribution >= 0.6 is 0 Å². The van der Waals surface area contributed by atoms with Crippen LogP contribution in [0.4, 0.5) is 5.82 Å². The number of fused-ring (bicyclic) bond motifs is 1. The lowest BCUT2D eigenvalue weighted by Gasteiger charge is -2.27. The third-order valence-corrected chi connectivity index (χ3v) is 6.83. The van der Waals surface area contributed by atoms with Crippen molar-refractivity contribution in [3.05, 3.63) is 70.1 Å². The fraction of sp³-hybridized carbons (Fsp3) is 0.444. The second kappa shape index (κ2) is 10.9. The van der Waals surface area contributed by atoms with Crippen LogP contribution in [-0.2, 0) is 24.8 Å². The van der Waals surface area contributed by atoms with E-state index in [4.69, 9.17) is 0 Å². The lowest BCUT2D eigenvalue weighted by Crippen LogP contribution is -2.46. The molecule has 0 aliphatic carbocycles. The fourth-order valence-electron chi connectivity index (χ4n) is 4.61. The number of anilines is 1. The molecule has 0 atom stereocenters. The first-order chi connectivity index (χ1) is 16.9. The van der Waals surface area contributed by atoms with Crippen molar-refractivity contribution in [2.45, 2.75) is 40.2 Å². The van der Waals surface area contributed by atoms with Crippen molar-refractivity contribution in [2.24, 2.45) is 7.05 Å². The lowest BCUT2D eigenvalue weighted by molar-refractivity contribution is -0.131. The van der Waals surface area contributed by atoms with Gasteiger partial charge in [-0.3, -0.25) is 14.3 Å². The third-order valence-electron chi connectivity index (χ3n) is 6.83.